The van der Waals surface area contributed by atoms with Gasteiger partial charge in [0.2, 0.25) is 0 Å². The van der Waals surface area contributed by atoms with E-state index in [0.29, 0.717) is 5.56 Å². The molecule has 0 aliphatic carbocycles. The summed E-state index contributed by atoms with van der Waals surface area (Å²) in [6.07, 6.45) is 0. The van der Waals surface area contributed by atoms with Gasteiger partial charge in [-0.15, -0.1) is 11.8 Å². The predicted octanol–water partition coefficient (Wildman–Crippen LogP) is 4.15. The van der Waals surface area contributed by atoms with Gasteiger partial charge in [-0.3, -0.25) is 0 Å². The van der Waals surface area contributed by atoms with Gasteiger partial charge in [-0.25, -0.2) is 4.39 Å². The zero-order valence-electron chi connectivity index (χ0n) is 10.9. The molecule has 0 aromatic heterocycles. The van der Waals surface area contributed by atoms with Crippen molar-refractivity contribution in [2.45, 2.75) is 24.0 Å². The van der Waals surface area contributed by atoms with Gasteiger partial charge in [-0.05, 0) is 18.6 Å². The van der Waals surface area contributed by atoms with Crippen LogP contribution in [0.5, 0.6) is 0 Å². The van der Waals surface area contributed by atoms with Gasteiger partial charge in [0.1, 0.15) is 5.82 Å². The number of hydrogen-bond acceptors (Lipinski definition) is 2. The van der Waals surface area contributed by atoms with E-state index in [1.54, 1.807) is 17.8 Å². The second-order valence-electron chi connectivity index (χ2n) is 4.60. The molecule has 0 aliphatic heterocycles. The number of rotatable bonds is 5. The Hall–Kier alpha value is -1.32. The Labute approximate surface area is 118 Å². The quantitative estimate of drug-likeness (QED) is 0.887. The van der Waals surface area contributed by atoms with Crippen LogP contribution in [0.4, 0.5) is 4.39 Å². The average Bonchev–Trinajstić information content (AvgIpc) is 2.42. The summed E-state index contributed by atoms with van der Waals surface area (Å²) in [7, 11) is 0. The van der Waals surface area contributed by atoms with Crippen molar-refractivity contribution in [3.63, 3.8) is 0 Å². The third-order valence-electron chi connectivity index (χ3n) is 2.96. The molecule has 0 saturated heterocycles. The lowest BCUT2D eigenvalue weighted by Crippen LogP contribution is -2.23. The Morgan fingerprint density at radius 3 is 2.32 bits per heavy atom. The highest BCUT2D eigenvalue weighted by Crippen LogP contribution is 2.35. The van der Waals surface area contributed by atoms with Crippen molar-refractivity contribution >= 4 is 11.8 Å². The summed E-state index contributed by atoms with van der Waals surface area (Å²) in [6, 6.07) is 17.0. The van der Waals surface area contributed by atoms with Crippen LogP contribution in [-0.4, -0.2) is 6.04 Å². The van der Waals surface area contributed by atoms with Crippen LogP contribution < -0.4 is 5.73 Å². The van der Waals surface area contributed by atoms with E-state index in [9.17, 15) is 4.39 Å². The molecule has 0 amide bonds. The van der Waals surface area contributed by atoms with Gasteiger partial charge in [-0.1, -0.05) is 48.5 Å². The summed E-state index contributed by atoms with van der Waals surface area (Å²) in [5.41, 5.74) is 7.94. The van der Waals surface area contributed by atoms with E-state index in [-0.39, 0.29) is 17.1 Å². The lowest BCUT2D eigenvalue weighted by Gasteiger charge is -2.21. The normalized spacial score (nSPS) is 14.1. The molecule has 1 nitrogen and oxygen atoms in total. The SMILES string of the molecule is CC(N)C(SCc1ccccc1)c1ccccc1F. The molecule has 2 aromatic carbocycles. The highest BCUT2D eigenvalue weighted by molar-refractivity contribution is 7.98. The molecule has 2 atom stereocenters. The molecule has 2 rings (SSSR count). The smallest absolute Gasteiger partial charge is 0.127 e. The fraction of sp³-hybridized carbons (Fsp3) is 0.250. The lowest BCUT2D eigenvalue weighted by atomic mass is 10.1. The molecule has 0 fully saturated rings. The highest BCUT2D eigenvalue weighted by atomic mass is 32.2. The van der Waals surface area contributed by atoms with E-state index in [2.05, 4.69) is 12.1 Å². The summed E-state index contributed by atoms with van der Waals surface area (Å²) >= 11 is 1.68. The van der Waals surface area contributed by atoms with E-state index in [4.69, 9.17) is 5.73 Å². The van der Waals surface area contributed by atoms with Crippen LogP contribution in [0, 0.1) is 5.82 Å². The summed E-state index contributed by atoms with van der Waals surface area (Å²) in [5.74, 6) is 0.659. The predicted molar refractivity (Wildman–Crippen MR) is 80.5 cm³/mol. The van der Waals surface area contributed by atoms with Crippen LogP contribution in [0.3, 0.4) is 0 Å². The Morgan fingerprint density at radius 1 is 1.05 bits per heavy atom. The van der Waals surface area contributed by atoms with E-state index in [1.807, 2.05) is 37.3 Å². The first-order valence-electron chi connectivity index (χ1n) is 6.34. The molecule has 100 valence electrons. The Morgan fingerprint density at radius 2 is 1.68 bits per heavy atom. The maximum Gasteiger partial charge on any atom is 0.127 e. The van der Waals surface area contributed by atoms with Crippen LogP contribution >= 0.6 is 11.8 Å². The van der Waals surface area contributed by atoms with E-state index >= 15 is 0 Å². The topological polar surface area (TPSA) is 26.0 Å². The van der Waals surface area contributed by atoms with Gasteiger partial charge in [0.25, 0.3) is 0 Å². The van der Waals surface area contributed by atoms with Crippen LogP contribution in [0.1, 0.15) is 23.3 Å². The minimum Gasteiger partial charge on any atom is -0.327 e. The van der Waals surface area contributed by atoms with Crippen LogP contribution in [0.15, 0.2) is 54.6 Å². The van der Waals surface area contributed by atoms with Crippen molar-refractivity contribution < 1.29 is 4.39 Å². The van der Waals surface area contributed by atoms with Crippen molar-refractivity contribution in [1.29, 1.82) is 0 Å². The van der Waals surface area contributed by atoms with Gasteiger partial charge in [0.15, 0.2) is 0 Å². The van der Waals surface area contributed by atoms with Crippen molar-refractivity contribution in [2.24, 2.45) is 5.73 Å². The first kappa shape index (κ1) is 14.1. The number of halogens is 1. The van der Waals surface area contributed by atoms with E-state index in [0.717, 1.165) is 5.75 Å². The molecule has 2 aromatic rings. The molecular weight excluding hydrogens is 257 g/mol. The van der Waals surface area contributed by atoms with Crippen molar-refractivity contribution in [2.75, 3.05) is 0 Å². The third kappa shape index (κ3) is 3.82. The fourth-order valence-electron chi connectivity index (χ4n) is 1.99. The second-order valence-corrected chi connectivity index (χ2v) is 5.73. The molecular formula is C16H18FNS. The highest BCUT2D eigenvalue weighted by Gasteiger charge is 2.19. The molecule has 0 saturated carbocycles. The van der Waals surface area contributed by atoms with Crippen LogP contribution in [0.2, 0.25) is 0 Å². The largest absolute Gasteiger partial charge is 0.327 e. The van der Waals surface area contributed by atoms with Gasteiger partial charge >= 0.3 is 0 Å². The van der Waals surface area contributed by atoms with Gasteiger partial charge < -0.3 is 5.73 Å². The van der Waals surface area contributed by atoms with Crippen molar-refractivity contribution in [3.05, 3.63) is 71.5 Å². The summed E-state index contributed by atoms with van der Waals surface area (Å²) in [6.45, 7) is 1.93. The minimum atomic E-state index is -0.176. The average molecular weight is 275 g/mol. The second kappa shape index (κ2) is 6.73. The summed E-state index contributed by atoms with van der Waals surface area (Å²) in [5, 5.41) is -0.0265. The lowest BCUT2D eigenvalue weighted by molar-refractivity contribution is 0.592. The zero-order valence-corrected chi connectivity index (χ0v) is 11.7. The number of benzene rings is 2. The molecule has 0 radical (unpaired) electrons. The molecule has 0 bridgehead atoms. The Kier molecular flexibility index (Phi) is 5.00. The molecule has 2 N–H and O–H groups in total. The molecule has 0 heterocycles. The fourth-order valence-corrected chi connectivity index (χ4v) is 3.23. The number of hydrogen-bond donors (Lipinski definition) is 1. The van der Waals surface area contributed by atoms with Gasteiger partial charge in [0, 0.05) is 22.6 Å². The minimum absolute atomic E-state index is 0.0265. The first-order chi connectivity index (χ1) is 9.18. The Balaban J connectivity index is 2.12. The molecule has 0 aliphatic rings. The number of nitrogens with two attached hydrogens (primary N) is 1. The summed E-state index contributed by atoms with van der Waals surface area (Å²) in [4.78, 5) is 0. The molecule has 2 unspecified atom stereocenters. The van der Waals surface area contributed by atoms with Crippen molar-refractivity contribution in [1.82, 2.24) is 0 Å². The molecule has 3 heteroatoms. The summed E-state index contributed by atoms with van der Waals surface area (Å²) < 4.78 is 13.9. The maximum absolute atomic E-state index is 13.9. The van der Waals surface area contributed by atoms with Gasteiger partial charge in [-0.2, -0.15) is 0 Å². The van der Waals surface area contributed by atoms with E-state index in [1.165, 1.54) is 11.6 Å². The standard InChI is InChI=1S/C16H18FNS/c1-12(18)16(14-9-5-6-10-15(14)17)19-11-13-7-3-2-4-8-13/h2-10,12,16H,11,18H2,1H3. The van der Waals surface area contributed by atoms with Crippen LogP contribution in [0.25, 0.3) is 0 Å². The molecule has 0 spiro atoms. The Bertz CT molecular complexity index is 513. The maximum atomic E-state index is 13.9. The van der Waals surface area contributed by atoms with Crippen LogP contribution in [-0.2, 0) is 5.75 Å². The van der Waals surface area contributed by atoms with Crippen molar-refractivity contribution in [3.8, 4) is 0 Å². The van der Waals surface area contributed by atoms with Gasteiger partial charge in [0.05, 0.1) is 0 Å². The zero-order chi connectivity index (χ0) is 13.7. The van der Waals surface area contributed by atoms with E-state index < -0.39 is 0 Å². The third-order valence-corrected chi connectivity index (χ3v) is 4.50. The monoisotopic (exact) mass is 275 g/mol. The molecule has 19 heavy (non-hydrogen) atoms. The number of thioether (sulfide) groups is 1. The first-order valence-corrected chi connectivity index (χ1v) is 7.39.